The average molecular weight is 855 g/mol. The normalized spacial score (nSPS) is 12.5. The molecule has 0 spiro atoms. The van der Waals surface area contributed by atoms with Crippen molar-refractivity contribution in [2.75, 3.05) is 18.5 Å². The standard InChI is InChI=1S/C45H46N10O8/c1-23-35(42-49-31(20-56)21-58-42)54-45(62-23)38-26(4)61-41(53-38)33(11-7-9-28-14-18-30(47)19-15-28)50-39(57)34-22-59-43(51-34)36-24(2)63-44(55-36)37-25(3)60-40(52-37)32(48-5)10-6-8-27-12-16-29(46)17-13-27/h12-22,32-33,48H,6-11,46-47H2,1-5H3,(H,50,57)/t32-,33-/m0/s1. The van der Waals surface area contributed by atoms with Gasteiger partial charge in [-0.15, -0.1) is 0 Å². The van der Waals surface area contributed by atoms with Crippen LogP contribution in [0.2, 0.25) is 0 Å². The van der Waals surface area contributed by atoms with Gasteiger partial charge in [0.1, 0.15) is 47.3 Å². The van der Waals surface area contributed by atoms with E-state index in [2.05, 4.69) is 30.6 Å². The van der Waals surface area contributed by atoms with Gasteiger partial charge in [-0.25, -0.2) is 29.9 Å². The van der Waals surface area contributed by atoms with Gasteiger partial charge in [0.2, 0.25) is 35.3 Å². The third-order valence-electron chi connectivity index (χ3n) is 10.5. The topological polar surface area (TPSA) is 266 Å². The van der Waals surface area contributed by atoms with E-state index in [1.807, 2.05) is 55.6 Å². The fourth-order valence-corrected chi connectivity index (χ4v) is 7.13. The third kappa shape index (κ3) is 9.35. The van der Waals surface area contributed by atoms with Crippen LogP contribution in [0.25, 0.3) is 46.3 Å². The average Bonchev–Trinajstić information content (AvgIpc) is 4.14. The Morgan fingerprint density at radius 2 is 1.06 bits per heavy atom. The molecule has 0 bridgehead atoms. The summed E-state index contributed by atoms with van der Waals surface area (Å²) in [5.41, 5.74) is 17.0. The van der Waals surface area contributed by atoms with Crippen molar-refractivity contribution in [1.29, 1.82) is 0 Å². The molecule has 0 aliphatic carbocycles. The molecular weight excluding hydrogens is 809 g/mol. The molecule has 6 N–H and O–H groups in total. The Morgan fingerprint density at radius 3 is 1.57 bits per heavy atom. The predicted molar refractivity (Wildman–Crippen MR) is 229 cm³/mol. The van der Waals surface area contributed by atoms with Gasteiger partial charge in [0.15, 0.2) is 34.8 Å². The zero-order chi connectivity index (χ0) is 44.2. The first-order valence-electron chi connectivity index (χ1n) is 20.4. The summed E-state index contributed by atoms with van der Waals surface area (Å²) in [6, 6.07) is 14.7. The van der Waals surface area contributed by atoms with Gasteiger partial charge in [-0.05, 0) is 109 Å². The number of benzene rings is 2. The number of amides is 1. The summed E-state index contributed by atoms with van der Waals surface area (Å²) in [5.74, 6) is 2.57. The third-order valence-corrected chi connectivity index (χ3v) is 10.5. The van der Waals surface area contributed by atoms with Crippen LogP contribution in [-0.4, -0.2) is 49.1 Å². The monoisotopic (exact) mass is 854 g/mol. The van der Waals surface area contributed by atoms with Crippen LogP contribution in [0.15, 0.2) is 87.6 Å². The van der Waals surface area contributed by atoms with Crippen molar-refractivity contribution in [3.05, 3.63) is 118 Å². The first-order chi connectivity index (χ1) is 30.5. The number of hydrogen-bond acceptors (Lipinski definition) is 17. The minimum absolute atomic E-state index is 0.00494. The number of nitrogens with two attached hydrogens (primary N) is 2. The fraction of sp³-hybridized carbons (Fsp3) is 0.289. The van der Waals surface area contributed by atoms with Crippen molar-refractivity contribution in [2.24, 2.45) is 0 Å². The molecule has 6 heterocycles. The molecule has 0 unspecified atom stereocenters. The highest BCUT2D eigenvalue weighted by molar-refractivity contribution is 5.92. The molecule has 0 saturated carbocycles. The van der Waals surface area contributed by atoms with Crippen LogP contribution >= 0.6 is 0 Å². The highest BCUT2D eigenvalue weighted by Crippen LogP contribution is 2.34. The van der Waals surface area contributed by atoms with Crippen molar-refractivity contribution < 1.29 is 36.1 Å². The van der Waals surface area contributed by atoms with Gasteiger partial charge in [-0.2, -0.15) is 0 Å². The first kappa shape index (κ1) is 42.1. The number of oxazole rings is 6. The minimum Gasteiger partial charge on any atom is -0.443 e. The molecule has 0 radical (unpaired) electrons. The van der Waals surface area contributed by atoms with Crippen molar-refractivity contribution in [3.8, 4) is 46.3 Å². The summed E-state index contributed by atoms with van der Waals surface area (Å²) < 4.78 is 35.5. The van der Waals surface area contributed by atoms with Crippen LogP contribution in [0, 0.1) is 27.7 Å². The Hall–Kier alpha value is -7.60. The number of aryl methyl sites for hydroxylation is 6. The van der Waals surface area contributed by atoms with Gasteiger partial charge in [0.05, 0.1) is 6.04 Å². The van der Waals surface area contributed by atoms with E-state index in [1.165, 1.54) is 18.1 Å². The molecule has 6 aromatic heterocycles. The summed E-state index contributed by atoms with van der Waals surface area (Å²) in [7, 11) is 1.87. The van der Waals surface area contributed by atoms with Gasteiger partial charge in [0, 0.05) is 11.4 Å². The van der Waals surface area contributed by atoms with E-state index in [4.69, 9.17) is 47.9 Å². The lowest BCUT2D eigenvalue weighted by Gasteiger charge is -2.15. The van der Waals surface area contributed by atoms with Crippen LogP contribution < -0.4 is 22.1 Å². The van der Waals surface area contributed by atoms with Crippen LogP contribution in [0.5, 0.6) is 0 Å². The summed E-state index contributed by atoms with van der Waals surface area (Å²) in [4.78, 5) is 52.4. The SMILES string of the molecule is CN[C@@H](CCCc1ccc(N)cc1)c1nc(-c2nc(-c3nc(C(=O)N[C@@H](CCCc4ccc(N)cc4)c4nc(-c5nc(-c6nc(C=O)co6)c(C)o5)c(C)o4)co3)c(C)o2)c(C)o1. The van der Waals surface area contributed by atoms with Crippen LogP contribution in [-0.2, 0) is 12.8 Å². The quantitative estimate of drug-likeness (QED) is 0.0467. The van der Waals surface area contributed by atoms with Crippen molar-refractivity contribution in [2.45, 2.75) is 78.3 Å². The molecule has 0 aliphatic rings. The van der Waals surface area contributed by atoms with E-state index in [0.29, 0.717) is 82.9 Å². The zero-order valence-electron chi connectivity index (χ0n) is 35.4. The molecule has 18 heteroatoms. The van der Waals surface area contributed by atoms with E-state index in [0.717, 1.165) is 30.5 Å². The highest BCUT2D eigenvalue weighted by Gasteiger charge is 2.29. The van der Waals surface area contributed by atoms with E-state index in [9.17, 15) is 9.59 Å². The van der Waals surface area contributed by atoms with Crippen LogP contribution in [0.3, 0.4) is 0 Å². The van der Waals surface area contributed by atoms with Gasteiger partial charge in [-0.3, -0.25) is 9.59 Å². The smallest absolute Gasteiger partial charge is 0.273 e. The number of nitrogens with one attached hydrogen (secondary N) is 2. The largest absolute Gasteiger partial charge is 0.443 e. The predicted octanol–water partition coefficient (Wildman–Crippen LogP) is 8.27. The zero-order valence-corrected chi connectivity index (χ0v) is 35.4. The van der Waals surface area contributed by atoms with Gasteiger partial charge in [0.25, 0.3) is 5.91 Å². The molecule has 324 valence electrons. The number of anilines is 2. The second-order valence-corrected chi connectivity index (χ2v) is 15.1. The van der Waals surface area contributed by atoms with Gasteiger partial charge in [-0.1, -0.05) is 24.3 Å². The minimum atomic E-state index is -0.694. The fourth-order valence-electron chi connectivity index (χ4n) is 7.13. The van der Waals surface area contributed by atoms with Crippen LogP contribution in [0.1, 0.15) is 105 Å². The lowest BCUT2D eigenvalue weighted by atomic mass is 10.0. The first-order valence-corrected chi connectivity index (χ1v) is 20.4. The number of nitrogens with zero attached hydrogens (tertiary/aromatic N) is 6. The van der Waals surface area contributed by atoms with E-state index in [1.54, 1.807) is 27.7 Å². The molecule has 0 fully saturated rings. The van der Waals surface area contributed by atoms with E-state index >= 15 is 0 Å². The van der Waals surface area contributed by atoms with Crippen molar-refractivity contribution in [1.82, 2.24) is 40.5 Å². The number of carbonyl (C=O) groups is 2. The maximum absolute atomic E-state index is 13.9. The molecule has 8 aromatic rings. The van der Waals surface area contributed by atoms with Crippen LogP contribution in [0.4, 0.5) is 11.4 Å². The number of nitrogen functional groups attached to an aromatic ring is 2. The number of rotatable bonds is 18. The molecule has 2 aromatic carbocycles. The molecule has 18 nitrogen and oxygen atoms in total. The molecule has 1 amide bonds. The lowest BCUT2D eigenvalue weighted by Crippen LogP contribution is -2.29. The second kappa shape index (κ2) is 18.2. The Bertz CT molecular complexity index is 2840. The number of hydrogen-bond donors (Lipinski definition) is 4. The molecule has 0 aliphatic heterocycles. The van der Waals surface area contributed by atoms with Crippen molar-refractivity contribution in [3.63, 3.8) is 0 Å². The molecular formula is C45H46N10O8. The Labute approximate surface area is 360 Å². The van der Waals surface area contributed by atoms with Gasteiger partial charge >= 0.3 is 0 Å². The summed E-state index contributed by atoms with van der Waals surface area (Å²) in [5, 5.41) is 6.33. The second-order valence-electron chi connectivity index (χ2n) is 15.1. The maximum Gasteiger partial charge on any atom is 0.273 e. The van der Waals surface area contributed by atoms with Crippen molar-refractivity contribution >= 4 is 23.6 Å². The maximum atomic E-state index is 13.9. The Kier molecular flexibility index (Phi) is 12.1. The van der Waals surface area contributed by atoms with Gasteiger partial charge < -0.3 is 48.6 Å². The van der Waals surface area contributed by atoms with E-state index in [-0.39, 0.29) is 46.9 Å². The lowest BCUT2D eigenvalue weighted by molar-refractivity contribution is 0.0921. The summed E-state index contributed by atoms with van der Waals surface area (Å²) in [6.07, 6.45) is 7.45. The molecule has 0 saturated heterocycles. The van der Waals surface area contributed by atoms with E-state index < -0.39 is 11.9 Å². The number of carbonyl (C=O) groups excluding carboxylic acids is 2. The molecule has 63 heavy (non-hydrogen) atoms. The number of aromatic nitrogens is 6. The summed E-state index contributed by atoms with van der Waals surface area (Å²) >= 11 is 0. The summed E-state index contributed by atoms with van der Waals surface area (Å²) in [6.45, 7) is 6.94. The highest BCUT2D eigenvalue weighted by atomic mass is 16.4. The number of aldehydes is 1. The Balaban J connectivity index is 0.986. The molecule has 2 atom stereocenters. The Morgan fingerprint density at radius 1 is 0.603 bits per heavy atom. The molecule has 8 rings (SSSR count).